The molecule has 0 saturated heterocycles. The normalized spacial score (nSPS) is 14.5. The van der Waals surface area contributed by atoms with E-state index in [1.807, 2.05) is 13.8 Å². The molecule has 2 aliphatic rings. The van der Waals surface area contributed by atoms with Crippen LogP contribution >= 0.6 is 11.8 Å². The Morgan fingerprint density at radius 3 is 2.07 bits per heavy atom. The van der Waals surface area contributed by atoms with E-state index in [1.54, 1.807) is 13.8 Å². The number of fused-ring (bicyclic) bond motifs is 1. The van der Waals surface area contributed by atoms with Gasteiger partial charge in [0.15, 0.2) is 5.78 Å². The van der Waals surface area contributed by atoms with Crippen molar-refractivity contribution in [2.45, 2.75) is 112 Å². The molecule has 1 fully saturated rings. The molecule has 0 bridgehead atoms. The molecule has 1 saturated carbocycles. The summed E-state index contributed by atoms with van der Waals surface area (Å²) in [5.74, 6) is 1.09. The highest BCUT2D eigenvalue weighted by atomic mass is 32.2. The number of ether oxygens (including phenoxy) is 1. The number of unbranched alkanes of at least 4 members (excludes halogenated alkanes) is 1. The van der Waals surface area contributed by atoms with Crippen LogP contribution in [0.5, 0.6) is 0 Å². The first-order chi connectivity index (χ1) is 19.7. The summed E-state index contributed by atoms with van der Waals surface area (Å²) in [4.78, 5) is 45.9. The third-order valence-corrected chi connectivity index (χ3v) is 7.73. The molecule has 2 atom stereocenters. The average molecular weight is 607 g/mol. The second kappa shape index (κ2) is 25.1. The molecule has 0 heterocycles. The van der Waals surface area contributed by atoms with Crippen LogP contribution in [0.2, 0.25) is 0 Å². The zero-order chi connectivity index (χ0) is 31.2. The van der Waals surface area contributed by atoms with Gasteiger partial charge in [-0.05, 0) is 68.2 Å². The van der Waals surface area contributed by atoms with Crippen molar-refractivity contribution in [2.75, 3.05) is 12.4 Å². The third-order valence-electron chi connectivity index (χ3n) is 6.72. The molecule has 0 aromatic heterocycles. The number of carbonyl (C=O) groups is 4. The van der Waals surface area contributed by atoms with E-state index >= 15 is 0 Å². The number of rotatable bonds is 15. The highest BCUT2D eigenvalue weighted by Crippen LogP contribution is 2.37. The highest BCUT2D eigenvalue weighted by molar-refractivity contribution is 8.13. The molecule has 2 aliphatic carbocycles. The van der Waals surface area contributed by atoms with Gasteiger partial charge in [0.05, 0.1) is 0 Å². The van der Waals surface area contributed by atoms with E-state index in [0.29, 0.717) is 24.6 Å². The minimum Gasteiger partial charge on any atom is -0.403 e. The van der Waals surface area contributed by atoms with Gasteiger partial charge in [0.25, 0.3) is 0 Å². The van der Waals surface area contributed by atoms with Crippen LogP contribution in [0.25, 0.3) is 0 Å². The van der Waals surface area contributed by atoms with Gasteiger partial charge in [-0.25, -0.2) is 0 Å². The van der Waals surface area contributed by atoms with Gasteiger partial charge in [0.2, 0.25) is 17.3 Å². The lowest BCUT2D eigenvalue weighted by Crippen LogP contribution is -2.32. The summed E-state index contributed by atoms with van der Waals surface area (Å²) < 4.78 is 6.03. The summed E-state index contributed by atoms with van der Waals surface area (Å²) >= 11 is 1.38. The number of Topliss-reactive ketones (excluding diaryl/α,β-unsaturated/α-hetero) is 2. The standard InChI is InChI=1S/C27H38O4S.C3H7N.C2H6.CH3NO.CH4/c1-3-14-31-26(23-17-20-9-5-6-10-21(20)18-23)27(30)32-15-8-7-11-22(16-19-12-13-19)25(29)24(28)4-2;1-3(2)4;1-2;2-1-3;/h5-6,9-10,19,22-23,26H,3-4,7-8,11-18H2,1-2H3;1,4H2,2H3;1-2H3;1H,(H2,2,3);1H4. The van der Waals surface area contributed by atoms with E-state index in [0.717, 1.165) is 50.7 Å². The molecule has 3 rings (SSSR count). The molecule has 7 nitrogen and oxygen atoms in total. The van der Waals surface area contributed by atoms with Crippen molar-refractivity contribution in [3.05, 3.63) is 47.7 Å². The Morgan fingerprint density at radius 1 is 1.10 bits per heavy atom. The van der Waals surface area contributed by atoms with Crippen LogP contribution in [0.4, 0.5) is 0 Å². The maximum absolute atomic E-state index is 13.0. The minimum atomic E-state index is -0.348. The number of allylic oxidation sites excluding steroid dienone is 1. The van der Waals surface area contributed by atoms with Crippen LogP contribution < -0.4 is 11.5 Å². The van der Waals surface area contributed by atoms with E-state index in [9.17, 15) is 14.4 Å². The Morgan fingerprint density at radius 2 is 1.62 bits per heavy atom. The molecule has 1 aromatic rings. The number of benzene rings is 1. The smallest absolute Gasteiger partial charge is 0.218 e. The topological polar surface area (TPSA) is 130 Å². The molecule has 42 heavy (non-hydrogen) atoms. The van der Waals surface area contributed by atoms with Crippen LogP contribution in [0.3, 0.4) is 0 Å². The first kappa shape index (κ1) is 41.7. The predicted molar refractivity (Wildman–Crippen MR) is 177 cm³/mol. The first-order valence-electron chi connectivity index (χ1n) is 15.2. The molecule has 1 aromatic carbocycles. The zero-order valence-corrected chi connectivity index (χ0v) is 26.8. The molecule has 1 amide bonds. The number of thioether (sulfide) groups is 1. The lowest BCUT2D eigenvalue weighted by atomic mass is 9.89. The second-order valence-corrected chi connectivity index (χ2v) is 11.5. The summed E-state index contributed by atoms with van der Waals surface area (Å²) in [6.45, 7) is 13.5. The fourth-order valence-electron chi connectivity index (χ4n) is 4.71. The Labute approximate surface area is 260 Å². The van der Waals surface area contributed by atoms with Gasteiger partial charge in [-0.3, -0.25) is 19.2 Å². The zero-order valence-electron chi connectivity index (χ0n) is 26.0. The Kier molecular flexibility index (Phi) is 24.9. The minimum absolute atomic E-state index is 0. The van der Waals surface area contributed by atoms with Gasteiger partial charge < -0.3 is 16.2 Å². The molecule has 0 aliphatic heterocycles. The van der Waals surface area contributed by atoms with Crippen molar-refractivity contribution >= 4 is 34.9 Å². The van der Waals surface area contributed by atoms with Gasteiger partial charge >= 0.3 is 0 Å². The lowest BCUT2D eigenvalue weighted by Gasteiger charge is -2.22. The van der Waals surface area contributed by atoms with Gasteiger partial charge in [-0.1, -0.05) is 97.0 Å². The molecule has 240 valence electrons. The monoisotopic (exact) mass is 606 g/mol. The number of carbonyl (C=O) groups excluding carboxylic acids is 4. The first-order valence-corrected chi connectivity index (χ1v) is 16.1. The summed E-state index contributed by atoms with van der Waals surface area (Å²) in [7, 11) is 0. The van der Waals surface area contributed by atoms with Gasteiger partial charge in [-0.15, -0.1) is 0 Å². The second-order valence-electron chi connectivity index (χ2n) is 10.4. The Balaban J connectivity index is 0. The van der Waals surface area contributed by atoms with Gasteiger partial charge in [-0.2, -0.15) is 0 Å². The number of nitrogens with two attached hydrogens (primary N) is 2. The molecule has 0 radical (unpaired) electrons. The highest BCUT2D eigenvalue weighted by Gasteiger charge is 2.34. The molecular formula is C34H58N2O5S. The van der Waals surface area contributed by atoms with Gasteiger partial charge in [0, 0.05) is 30.6 Å². The van der Waals surface area contributed by atoms with Crippen molar-refractivity contribution < 1.29 is 23.9 Å². The van der Waals surface area contributed by atoms with Crippen LogP contribution in [-0.2, 0) is 36.8 Å². The van der Waals surface area contributed by atoms with E-state index < -0.39 is 0 Å². The molecule has 2 unspecified atom stereocenters. The van der Waals surface area contributed by atoms with Crippen molar-refractivity contribution in [3.8, 4) is 0 Å². The van der Waals surface area contributed by atoms with E-state index in [-0.39, 0.29) is 48.5 Å². The maximum Gasteiger partial charge on any atom is 0.218 e. The van der Waals surface area contributed by atoms with Crippen molar-refractivity contribution in [3.63, 3.8) is 0 Å². The Hall–Kier alpha value is -2.45. The third kappa shape index (κ3) is 17.5. The van der Waals surface area contributed by atoms with Crippen LogP contribution in [0.15, 0.2) is 36.5 Å². The predicted octanol–water partition coefficient (Wildman–Crippen LogP) is 6.83. The number of amides is 1. The van der Waals surface area contributed by atoms with Crippen molar-refractivity contribution in [1.29, 1.82) is 0 Å². The molecule has 8 heteroatoms. The van der Waals surface area contributed by atoms with Gasteiger partial charge in [0.1, 0.15) is 6.10 Å². The van der Waals surface area contributed by atoms with Crippen LogP contribution in [0, 0.1) is 17.8 Å². The largest absolute Gasteiger partial charge is 0.403 e. The number of primary amides is 1. The van der Waals surface area contributed by atoms with Crippen molar-refractivity contribution in [2.24, 2.45) is 29.2 Å². The number of hydrogen-bond acceptors (Lipinski definition) is 7. The maximum atomic E-state index is 13.0. The van der Waals surface area contributed by atoms with E-state index in [2.05, 4.69) is 43.5 Å². The molecular weight excluding hydrogens is 548 g/mol. The van der Waals surface area contributed by atoms with E-state index in [4.69, 9.17) is 15.3 Å². The quantitative estimate of drug-likeness (QED) is 0.127. The van der Waals surface area contributed by atoms with Crippen LogP contribution in [-0.4, -0.2) is 41.6 Å². The molecule has 0 spiro atoms. The fraction of sp³-hybridized carbons (Fsp3) is 0.647. The van der Waals surface area contributed by atoms with Crippen LogP contribution in [0.1, 0.15) is 105 Å². The molecule has 4 N–H and O–H groups in total. The summed E-state index contributed by atoms with van der Waals surface area (Å²) in [6.07, 6.45) is 8.72. The SMILES string of the molecule is C.C=C(C)N.CC.CCCOC(C(=O)SCCCCC(CC1CC1)C(=O)C(=O)CC)C1Cc2ccccc2C1.NC=O. The van der Waals surface area contributed by atoms with E-state index in [1.165, 1.54) is 35.7 Å². The number of ketones is 2. The summed E-state index contributed by atoms with van der Waals surface area (Å²) in [6, 6.07) is 8.45. The fourth-order valence-corrected chi connectivity index (χ4v) is 5.68. The average Bonchev–Trinajstić information content (AvgIpc) is 3.68. The summed E-state index contributed by atoms with van der Waals surface area (Å²) in [5, 5.41) is 0.142. The number of hydrogen-bond donors (Lipinski definition) is 2. The summed E-state index contributed by atoms with van der Waals surface area (Å²) in [5.41, 5.74) is 12.4. The lowest BCUT2D eigenvalue weighted by molar-refractivity contribution is -0.139. The van der Waals surface area contributed by atoms with Crippen molar-refractivity contribution in [1.82, 2.24) is 0 Å². The Bertz CT molecular complexity index is 903.